The van der Waals surface area contributed by atoms with Crippen LogP contribution in [-0.2, 0) is 5.41 Å². The molecule has 4 aromatic carbocycles. The van der Waals surface area contributed by atoms with Gasteiger partial charge >= 0.3 is 0 Å². The van der Waals surface area contributed by atoms with Gasteiger partial charge in [-0.15, -0.1) is 0 Å². The number of nitrogens with zero attached hydrogens (tertiary/aromatic N) is 1. The molecule has 0 spiro atoms. The van der Waals surface area contributed by atoms with Crippen LogP contribution < -0.4 is 4.90 Å². The smallest absolute Gasteiger partial charge is 0.0457 e. The first-order valence-corrected chi connectivity index (χ1v) is 17.2. The summed E-state index contributed by atoms with van der Waals surface area (Å²) in [6.45, 7) is 11.6. The van der Waals surface area contributed by atoms with Crippen molar-refractivity contribution >= 4 is 11.4 Å². The van der Waals surface area contributed by atoms with Crippen molar-refractivity contribution in [3.05, 3.63) is 107 Å². The van der Waals surface area contributed by atoms with E-state index >= 15 is 0 Å². The topological polar surface area (TPSA) is 3.24 Å². The third-order valence-electron chi connectivity index (χ3n) is 10.6. The third-order valence-corrected chi connectivity index (χ3v) is 10.6. The second-order valence-corrected chi connectivity index (χ2v) is 15.0. The monoisotopic (exact) mass is 583 g/mol. The van der Waals surface area contributed by atoms with Gasteiger partial charge in [-0.25, -0.2) is 0 Å². The average molecular weight is 584 g/mol. The molecule has 0 unspecified atom stereocenters. The van der Waals surface area contributed by atoms with Gasteiger partial charge in [-0.1, -0.05) is 119 Å². The molecule has 2 fully saturated rings. The zero-order chi connectivity index (χ0) is 32.3. The lowest BCUT2D eigenvalue weighted by Crippen LogP contribution is -2.39. The molecule has 0 heterocycles. The van der Waals surface area contributed by atoms with Crippen molar-refractivity contribution in [1.29, 1.82) is 0 Å². The van der Waals surface area contributed by atoms with Crippen LogP contribution in [0.3, 0.4) is 0 Å². The molecule has 44 heavy (non-hydrogen) atoms. The summed E-state index contributed by atoms with van der Waals surface area (Å²) in [5.74, 6) is -1.28. The summed E-state index contributed by atoms with van der Waals surface area (Å²) < 4.78 is 20.1. The van der Waals surface area contributed by atoms with Crippen molar-refractivity contribution in [3.63, 3.8) is 0 Å². The SMILES string of the molecule is [2H]C1(c2cc(-c3ccccc3)ccc2N(c2cc3c(cc2C2([2H])CCCCC2)C(C)(C)c2ccccc2-3)C(C)(C)C)CCCCC1. The van der Waals surface area contributed by atoms with Crippen LogP contribution in [0.1, 0.15) is 136 Å². The van der Waals surface area contributed by atoms with E-state index in [0.29, 0.717) is 0 Å². The van der Waals surface area contributed by atoms with Crippen molar-refractivity contribution in [2.45, 2.75) is 122 Å². The van der Waals surface area contributed by atoms with Gasteiger partial charge in [0.2, 0.25) is 0 Å². The molecule has 0 N–H and O–H groups in total. The summed E-state index contributed by atoms with van der Waals surface area (Å²) in [7, 11) is 0. The zero-order valence-corrected chi connectivity index (χ0v) is 27.6. The van der Waals surface area contributed by atoms with Crippen LogP contribution in [0.15, 0.2) is 84.9 Å². The van der Waals surface area contributed by atoms with Crippen LogP contribution in [0.25, 0.3) is 22.3 Å². The zero-order valence-electron chi connectivity index (χ0n) is 29.6. The Kier molecular flexibility index (Phi) is 7.10. The minimum Gasteiger partial charge on any atom is -0.336 e. The highest BCUT2D eigenvalue weighted by Gasteiger charge is 2.39. The third kappa shape index (κ3) is 5.21. The Hall–Kier alpha value is -3.32. The van der Waals surface area contributed by atoms with Crippen molar-refractivity contribution in [3.8, 4) is 22.3 Å². The Morgan fingerprint density at radius 3 is 1.82 bits per heavy atom. The maximum atomic E-state index is 10.1. The van der Waals surface area contributed by atoms with E-state index < -0.39 is 11.8 Å². The van der Waals surface area contributed by atoms with E-state index in [-0.39, 0.29) is 11.0 Å². The minimum atomic E-state index is -0.642. The second kappa shape index (κ2) is 11.6. The molecule has 0 aromatic heterocycles. The molecule has 0 bridgehead atoms. The van der Waals surface area contributed by atoms with Crippen LogP contribution >= 0.6 is 0 Å². The second-order valence-electron chi connectivity index (χ2n) is 15.0. The fourth-order valence-corrected chi connectivity index (χ4v) is 8.38. The molecule has 3 aliphatic rings. The van der Waals surface area contributed by atoms with E-state index in [9.17, 15) is 2.74 Å². The molecular formula is C43H51N. The van der Waals surface area contributed by atoms with Crippen LogP contribution in [0.5, 0.6) is 0 Å². The number of rotatable bonds is 5. The molecule has 0 atom stereocenters. The van der Waals surface area contributed by atoms with Gasteiger partial charge in [-0.3, -0.25) is 0 Å². The summed E-state index contributed by atoms with van der Waals surface area (Å²) in [5, 5.41) is 0. The Morgan fingerprint density at radius 2 is 1.18 bits per heavy atom. The maximum absolute atomic E-state index is 10.1. The molecule has 2 saturated carbocycles. The van der Waals surface area contributed by atoms with E-state index in [1.807, 2.05) is 0 Å². The lowest BCUT2D eigenvalue weighted by molar-refractivity contribution is 0.438. The molecule has 1 heteroatoms. The molecule has 3 aliphatic carbocycles. The van der Waals surface area contributed by atoms with Gasteiger partial charge in [-0.05, 0) is 121 Å². The van der Waals surface area contributed by atoms with Crippen molar-refractivity contribution in [1.82, 2.24) is 0 Å². The van der Waals surface area contributed by atoms with Crippen molar-refractivity contribution in [2.75, 3.05) is 4.90 Å². The molecule has 1 nitrogen and oxygen atoms in total. The Balaban J connectivity index is 1.51. The van der Waals surface area contributed by atoms with E-state index in [1.54, 1.807) is 0 Å². The number of hydrogen-bond acceptors (Lipinski definition) is 1. The van der Waals surface area contributed by atoms with E-state index in [0.717, 1.165) is 68.3 Å². The first-order chi connectivity index (χ1) is 21.9. The van der Waals surface area contributed by atoms with E-state index in [1.165, 1.54) is 51.8 Å². The lowest BCUT2D eigenvalue weighted by Gasteiger charge is -2.43. The highest BCUT2D eigenvalue weighted by atomic mass is 15.2. The summed E-state index contributed by atoms with van der Waals surface area (Å²) in [5.41, 5.74) is 11.9. The minimum absolute atomic E-state index is 0.118. The lowest BCUT2D eigenvalue weighted by atomic mass is 9.77. The molecule has 0 saturated heterocycles. The molecule has 228 valence electrons. The number of fused-ring (bicyclic) bond motifs is 3. The van der Waals surface area contributed by atoms with Gasteiger partial charge in [0.1, 0.15) is 0 Å². The Bertz CT molecular complexity index is 1730. The van der Waals surface area contributed by atoms with Crippen LogP contribution in [0.4, 0.5) is 11.4 Å². The number of benzene rings is 4. The van der Waals surface area contributed by atoms with Gasteiger partial charge in [0, 0.05) is 25.1 Å². The van der Waals surface area contributed by atoms with E-state index in [4.69, 9.17) is 0 Å². The fraction of sp³-hybridized carbons (Fsp3) is 0.442. The predicted molar refractivity (Wildman–Crippen MR) is 189 cm³/mol. The molecule has 0 radical (unpaired) electrons. The summed E-state index contributed by atoms with van der Waals surface area (Å²) >= 11 is 0. The Labute approximate surface area is 269 Å². The van der Waals surface area contributed by atoms with Gasteiger partial charge in [0.15, 0.2) is 0 Å². The fourth-order valence-electron chi connectivity index (χ4n) is 8.38. The summed E-state index contributed by atoms with van der Waals surface area (Å²) in [6.07, 6.45) is 10.4. The standard InChI is InChI=1S/C43H51N/c1-42(2,3)44(40-26-25-33(30-17-9-6-10-18-30)27-35(40)31-19-11-7-12-20-31)41-29-37-34-23-15-16-24-38(34)43(4,5)39(37)28-36(41)32-21-13-8-14-22-32/h6,9-10,15-18,23-29,31-32H,7-8,11-14,19-22H2,1-5H3/i31D,32D. The van der Waals surface area contributed by atoms with Gasteiger partial charge in [0.05, 0.1) is 0 Å². The summed E-state index contributed by atoms with van der Waals surface area (Å²) in [6, 6.07) is 31.4. The van der Waals surface area contributed by atoms with Crippen LogP contribution in [-0.4, -0.2) is 5.54 Å². The van der Waals surface area contributed by atoms with Gasteiger partial charge < -0.3 is 4.90 Å². The average Bonchev–Trinajstić information content (AvgIpc) is 3.27. The summed E-state index contributed by atoms with van der Waals surface area (Å²) in [4.78, 5) is 2.54. The largest absolute Gasteiger partial charge is 0.336 e. The van der Waals surface area contributed by atoms with Crippen molar-refractivity contribution in [2.24, 2.45) is 0 Å². The number of anilines is 2. The normalized spacial score (nSPS) is 20.7. The van der Waals surface area contributed by atoms with Crippen LogP contribution in [0.2, 0.25) is 0 Å². The van der Waals surface area contributed by atoms with Gasteiger partial charge in [-0.2, -0.15) is 0 Å². The molecule has 7 rings (SSSR count). The van der Waals surface area contributed by atoms with E-state index in [2.05, 4.69) is 124 Å². The Morgan fingerprint density at radius 1 is 0.591 bits per heavy atom. The van der Waals surface area contributed by atoms with Crippen molar-refractivity contribution < 1.29 is 2.74 Å². The number of hydrogen-bond donors (Lipinski definition) is 0. The molecule has 4 aromatic rings. The predicted octanol–water partition coefficient (Wildman–Crippen LogP) is 12.7. The quantitative estimate of drug-likeness (QED) is 0.226. The molecule has 0 amide bonds. The first kappa shape index (κ1) is 27.0. The molecular weight excluding hydrogens is 530 g/mol. The maximum Gasteiger partial charge on any atom is 0.0457 e. The highest BCUT2D eigenvalue weighted by molar-refractivity contribution is 5.87. The van der Waals surface area contributed by atoms with Gasteiger partial charge in [0.25, 0.3) is 0 Å². The first-order valence-electron chi connectivity index (χ1n) is 18.2. The van der Waals surface area contributed by atoms with Crippen LogP contribution in [0, 0.1) is 0 Å². The highest BCUT2D eigenvalue weighted by Crippen LogP contribution is 2.54. The molecule has 0 aliphatic heterocycles.